The third-order valence-corrected chi connectivity index (χ3v) is 1.88. The van der Waals surface area contributed by atoms with E-state index in [0.717, 1.165) is 11.4 Å². The van der Waals surface area contributed by atoms with Gasteiger partial charge in [-0.25, -0.2) is 0 Å². The van der Waals surface area contributed by atoms with Crippen molar-refractivity contribution in [3.63, 3.8) is 0 Å². The molecule has 0 radical (unpaired) electrons. The number of H-pyrrole nitrogens is 1. The molecule has 0 aromatic carbocycles. The van der Waals surface area contributed by atoms with Gasteiger partial charge in [-0.2, -0.15) is 16.8 Å². The van der Waals surface area contributed by atoms with E-state index in [1.165, 1.54) is 0 Å². The normalized spacial score (nSPS) is 12.0. The molecule has 0 spiro atoms. The van der Waals surface area contributed by atoms with Gasteiger partial charge in [-0.15, -0.1) is 4.95 Å². The van der Waals surface area contributed by atoms with Crippen molar-refractivity contribution in [2.45, 2.75) is 13.8 Å². The zero-order chi connectivity index (χ0) is 11.3. The van der Waals surface area contributed by atoms with Gasteiger partial charge in [-0.05, 0) is 26.0 Å². The lowest BCUT2D eigenvalue weighted by Crippen LogP contribution is -1.98. The third-order valence-electron chi connectivity index (χ3n) is 1.88. The molecule has 0 unspecified atom stereocenters. The maximum atomic E-state index is 8.38. The maximum Gasteiger partial charge on any atom is 0.205 e. The van der Waals surface area contributed by atoms with E-state index in [4.69, 9.17) is 11.8 Å². The Morgan fingerprint density at radius 2 is 2.00 bits per heavy atom. The van der Waals surface area contributed by atoms with Crippen LogP contribution in [0.4, 0.5) is 0 Å². The fraction of sp³-hybridized carbons (Fsp3) is 0.200. The number of hydrogen-bond acceptors (Lipinski definition) is 3. The van der Waals surface area contributed by atoms with Crippen molar-refractivity contribution < 1.29 is 0 Å². The van der Waals surface area contributed by atoms with Crippen LogP contribution in [0.5, 0.6) is 0 Å². The minimum absolute atomic E-state index is 0.611. The molecule has 0 amide bonds. The quantitative estimate of drug-likeness (QED) is 0.336. The Labute approximate surface area is 87.6 Å². The summed E-state index contributed by atoms with van der Waals surface area (Å²) in [6.07, 6.45) is 1.72. The molecule has 74 valence electrons. The van der Waals surface area contributed by atoms with Crippen molar-refractivity contribution in [3.8, 4) is 6.19 Å². The SMILES string of the molecule is [C-]#[N+]/N=C(\C)c1ccc(C(C)=NC#N)[nH]1. The van der Waals surface area contributed by atoms with Crippen LogP contribution in [0.1, 0.15) is 25.2 Å². The number of aliphatic imine (C=N–C) groups is 1. The van der Waals surface area contributed by atoms with E-state index in [2.05, 4.69) is 20.0 Å². The van der Waals surface area contributed by atoms with Crippen LogP contribution in [0.3, 0.4) is 0 Å². The van der Waals surface area contributed by atoms with Crippen LogP contribution in [-0.4, -0.2) is 16.4 Å². The van der Waals surface area contributed by atoms with Crippen LogP contribution in [0.2, 0.25) is 0 Å². The predicted octanol–water partition coefficient (Wildman–Crippen LogP) is 1.95. The molecule has 0 aliphatic carbocycles. The topological polar surface area (TPSA) is 68.7 Å². The van der Waals surface area contributed by atoms with E-state index in [1.807, 2.05) is 0 Å². The molecular weight excluding hydrogens is 190 g/mol. The molecule has 0 aliphatic heterocycles. The lowest BCUT2D eigenvalue weighted by Gasteiger charge is -1.92. The van der Waals surface area contributed by atoms with Crippen molar-refractivity contribution in [1.29, 1.82) is 5.26 Å². The van der Waals surface area contributed by atoms with Crippen LogP contribution in [0.15, 0.2) is 22.2 Å². The molecule has 1 N–H and O–H groups in total. The summed E-state index contributed by atoms with van der Waals surface area (Å²) in [5.74, 6) is 0. The summed E-state index contributed by atoms with van der Waals surface area (Å²) in [6, 6.07) is 3.60. The first kappa shape index (κ1) is 10.7. The lowest BCUT2D eigenvalue weighted by molar-refractivity contribution is 1.30. The average Bonchev–Trinajstić information content (AvgIpc) is 2.67. The molecule has 1 heterocycles. The lowest BCUT2D eigenvalue weighted by atomic mass is 10.3. The largest absolute Gasteiger partial charge is 0.352 e. The van der Waals surface area contributed by atoms with E-state index in [1.54, 1.807) is 32.2 Å². The van der Waals surface area contributed by atoms with Crippen LogP contribution in [0, 0.1) is 18.0 Å². The van der Waals surface area contributed by atoms with Crippen LogP contribution < -0.4 is 0 Å². The second-order valence-corrected chi connectivity index (χ2v) is 2.87. The number of aromatic nitrogens is 1. The first-order chi connectivity index (χ1) is 7.19. The van der Waals surface area contributed by atoms with Gasteiger partial charge in [0, 0.05) is 0 Å². The van der Waals surface area contributed by atoms with Gasteiger partial charge in [0.15, 0.2) is 0 Å². The summed E-state index contributed by atoms with van der Waals surface area (Å²) in [4.78, 5) is 9.57. The minimum atomic E-state index is 0.611. The highest BCUT2D eigenvalue weighted by atomic mass is 15.2. The molecule has 0 bridgehead atoms. The first-order valence-corrected chi connectivity index (χ1v) is 4.23. The fourth-order valence-corrected chi connectivity index (χ4v) is 1.08. The predicted molar refractivity (Wildman–Crippen MR) is 57.4 cm³/mol. The molecule has 0 saturated carbocycles. The van der Waals surface area contributed by atoms with E-state index >= 15 is 0 Å². The van der Waals surface area contributed by atoms with Crippen molar-refractivity contribution in [2.75, 3.05) is 0 Å². The zero-order valence-corrected chi connectivity index (χ0v) is 8.44. The third kappa shape index (κ3) is 2.52. The Morgan fingerprint density at radius 1 is 1.40 bits per heavy atom. The molecule has 5 nitrogen and oxygen atoms in total. The summed E-state index contributed by atoms with van der Waals surface area (Å²) in [5.41, 5.74) is 2.74. The maximum absolute atomic E-state index is 8.38. The van der Waals surface area contributed by atoms with Gasteiger partial charge in [-0.1, -0.05) is 0 Å². The number of nitrogens with one attached hydrogen (secondary N) is 1. The Balaban J connectivity index is 3.02. The van der Waals surface area contributed by atoms with Crippen LogP contribution in [-0.2, 0) is 0 Å². The van der Waals surface area contributed by atoms with Gasteiger partial charge >= 0.3 is 0 Å². The molecule has 5 heteroatoms. The molecule has 0 aliphatic rings. The fourth-order valence-electron chi connectivity index (χ4n) is 1.08. The summed E-state index contributed by atoms with van der Waals surface area (Å²) < 4.78 is 0. The molecule has 1 aromatic heterocycles. The highest BCUT2D eigenvalue weighted by Crippen LogP contribution is 2.05. The second-order valence-electron chi connectivity index (χ2n) is 2.87. The van der Waals surface area contributed by atoms with Crippen molar-refractivity contribution >= 4 is 11.4 Å². The Hall–Kier alpha value is -2.40. The van der Waals surface area contributed by atoms with E-state index in [9.17, 15) is 0 Å². The molecule has 1 aromatic rings. The Morgan fingerprint density at radius 3 is 2.53 bits per heavy atom. The monoisotopic (exact) mass is 199 g/mol. The van der Waals surface area contributed by atoms with Crippen LogP contribution in [0.25, 0.3) is 4.95 Å². The standard InChI is InChI=1S/C10H9N5/c1-7(13-6-11)9-4-5-10(14-9)8(2)15-12-3/h4-5,14H,1-2H3/b13-7?,15-8+. The van der Waals surface area contributed by atoms with Crippen molar-refractivity contribution in [3.05, 3.63) is 35.0 Å². The summed E-state index contributed by atoms with van der Waals surface area (Å²) in [7, 11) is 0. The van der Waals surface area contributed by atoms with Crippen LogP contribution >= 0.6 is 0 Å². The van der Waals surface area contributed by atoms with Gasteiger partial charge in [-0.3, -0.25) is 0 Å². The number of aromatic amines is 1. The number of nitriles is 1. The Bertz CT molecular complexity index is 448. The molecule has 15 heavy (non-hydrogen) atoms. The number of rotatable bonds is 2. The summed E-state index contributed by atoms with van der Waals surface area (Å²) >= 11 is 0. The van der Waals surface area contributed by atoms with E-state index in [-0.39, 0.29) is 0 Å². The van der Waals surface area contributed by atoms with Gasteiger partial charge in [0.1, 0.15) is 5.71 Å². The van der Waals surface area contributed by atoms with Gasteiger partial charge in [0.05, 0.1) is 22.2 Å². The minimum Gasteiger partial charge on any atom is -0.352 e. The number of nitrogens with zero attached hydrogens (tertiary/aromatic N) is 4. The van der Waals surface area contributed by atoms with Crippen molar-refractivity contribution in [1.82, 2.24) is 4.98 Å². The van der Waals surface area contributed by atoms with E-state index in [0.29, 0.717) is 11.4 Å². The smallest absolute Gasteiger partial charge is 0.205 e. The van der Waals surface area contributed by atoms with Gasteiger partial charge < -0.3 is 4.98 Å². The van der Waals surface area contributed by atoms with E-state index < -0.39 is 0 Å². The summed E-state index contributed by atoms with van der Waals surface area (Å²) in [6.45, 7) is 10.1. The number of hydrogen-bond donors (Lipinski definition) is 1. The summed E-state index contributed by atoms with van der Waals surface area (Å²) in [5, 5.41) is 12.0. The zero-order valence-electron chi connectivity index (χ0n) is 8.44. The highest BCUT2D eigenvalue weighted by molar-refractivity contribution is 6.02. The average molecular weight is 199 g/mol. The molecule has 1 rings (SSSR count). The van der Waals surface area contributed by atoms with Gasteiger partial charge in [0.25, 0.3) is 0 Å². The van der Waals surface area contributed by atoms with Crippen molar-refractivity contribution in [2.24, 2.45) is 10.1 Å². The first-order valence-electron chi connectivity index (χ1n) is 4.23. The Kier molecular flexibility index (Phi) is 3.37. The molecule has 0 fully saturated rings. The van der Waals surface area contributed by atoms with Gasteiger partial charge in [0.2, 0.25) is 6.19 Å². The second kappa shape index (κ2) is 4.73. The highest BCUT2D eigenvalue weighted by Gasteiger charge is 2.05. The molecule has 0 saturated heterocycles. The molecule has 0 atom stereocenters. The molecular formula is C10H9N5.